The molecule has 0 N–H and O–H groups in total. The first kappa shape index (κ1) is 21.5. The molecule has 0 saturated carbocycles. The summed E-state index contributed by atoms with van der Waals surface area (Å²) in [6.07, 6.45) is 2.05. The van der Waals surface area contributed by atoms with Gasteiger partial charge in [0.2, 0.25) is 0 Å². The van der Waals surface area contributed by atoms with Crippen molar-refractivity contribution in [2.75, 3.05) is 31.6 Å². The van der Waals surface area contributed by atoms with Crippen molar-refractivity contribution >= 4 is 33.2 Å². The fourth-order valence-corrected chi connectivity index (χ4v) is 4.85. The van der Waals surface area contributed by atoms with Crippen LogP contribution in [0.15, 0.2) is 47.4 Å². The molecular formula is C21H25ClN2O4S. The summed E-state index contributed by atoms with van der Waals surface area (Å²) in [5, 5.41) is 0.312. The Morgan fingerprint density at radius 1 is 1.21 bits per heavy atom. The van der Waals surface area contributed by atoms with E-state index in [1.807, 2.05) is 0 Å². The van der Waals surface area contributed by atoms with Crippen molar-refractivity contribution in [1.29, 1.82) is 0 Å². The van der Waals surface area contributed by atoms with Gasteiger partial charge >= 0.3 is 0 Å². The number of anilines is 1. The minimum absolute atomic E-state index is 0.133. The molecule has 0 bridgehead atoms. The summed E-state index contributed by atoms with van der Waals surface area (Å²) in [6, 6.07) is 10.9. The summed E-state index contributed by atoms with van der Waals surface area (Å²) >= 11 is 6.29. The highest BCUT2D eigenvalue weighted by atomic mass is 35.5. The van der Waals surface area contributed by atoms with Gasteiger partial charge in [0.25, 0.3) is 15.9 Å². The van der Waals surface area contributed by atoms with Gasteiger partial charge in [-0.1, -0.05) is 18.5 Å². The molecule has 1 fully saturated rings. The molecule has 0 aliphatic carbocycles. The summed E-state index contributed by atoms with van der Waals surface area (Å²) in [4.78, 5) is 14.9. The summed E-state index contributed by atoms with van der Waals surface area (Å²) in [5.74, 6) is 0.841. The SMILES string of the molecule is COc1ccc(S(=O)(=O)N(C)c2ccc(Cl)c(C(=O)N3CCC[C@@H](C)C3)c2)cc1. The lowest BCUT2D eigenvalue weighted by atomic mass is 9.99. The van der Waals surface area contributed by atoms with Gasteiger partial charge in [0, 0.05) is 20.1 Å². The molecule has 2 aromatic carbocycles. The van der Waals surface area contributed by atoms with E-state index in [0.29, 0.717) is 41.0 Å². The summed E-state index contributed by atoms with van der Waals surface area (Å²) < 4.78 is 32.2. The third-order valence-electron chi connectivity index (χ3n) is 5.21. The molecule has 1 atom stereocenters. The lowest BCUT2D eigenvalue weighted by Gasteiger charge is -2.31. The Balaban J connectivity index is 1.90. The first-order valence-electron chi connectivity index (χ1n) is 9.46. The average Bonchev–Trinajstić information content (AvgIpc) is 2.73. The number of hydrogen-bond donors (Lipinski definition) is 0. The molecule has 0 unspecified atom stereocenters. The Hall–Kier alpha value is -2.25. The van der Waals surface area contributed by atoms with E-state index < -0.39 is 10.0 Å². The van der Waals surface area contributed by atoms with Crippen molar-refractivity contribution in [3.8, 4) is 5.75 Å². The van der Waals surface area contributed by atoms with Crippen LogP contribution >= 0.6 is 11.6 Å². The number of carbonyl (C=O) groups excluding carboxylic acids is 1. The van der Waals surface area contributed by atoms with Gasteiger partial charge in [-0.25, -0.2) is 8.42 Å². The van der Waals surface area contributed by atoms with Crippen LogP contribution in [0, 0.1) is 5.92 Å². The second-order valence-corrected chi connectivity index (χ2v) is 9.69. The fourth-order valence-electron chi connectivity index (χ4n) is 3.46. The normalized spacial score (nSPS) is 17.1. The van der Waals surface area contributed by atoms with Crippen molar-refractivity contribution in [3.05, 3.63) is 53.1 Å². The molecule has 156 valence electrons. The number of halogens is 1. The first-order chi connectivity index (χ1) is 13.7. The summed E-state index contributed by atoms with van der Waals surface area (Å²) in [7, 11) is -0.819. The Labute approximate surface area is 177 Å². The highest BCUT2D eigenvalue weighted by Crippen LogP contribution is 2.29. The smallest absolute Gasteiger partial charge is 0.264 e. The molecule has 1 heterocycles. The van der Waals surface area contributed by atoms with Gasteiger partial charge < -0.3 is 9.64 Å². The molecule has 8 heteroatoms. The van der Waals surface area contributed by atoms with Gasteiger partial charge in [0.15, 0.2) is 0 Å². The number of amides is 1. The van der Waals surface area contributed by atoms with E-state index in [4.69, 9.17) is 16.3 Å². The molecule has 1 aliphatic heterocycles. The molecule has 1 aliphatic rings. The maximum absolute atomic E-state index is 13.0. The van der Waals surface area contributed by atoms with Crippen molar-refractivity contribution in [2.45, 2.75) is 24.7 Å². The van der Waals surface area contributed by atoms with E-state index in [9.17, 15) is 13.2 Å². The molecule has 1 amide bonds. The van der Waals surface area contributed by atoms with Crippen molar-refractivity contribution in [2.24, 2.45) is 5.92 Å². The number of methoxy groups -OCH3 is 1. The molecule has 6 nitrogen and oxygen atoms in total. The molecule has 2 aromatic rings. The lowest BCUT2D eigenvalue weighted by Crippen LogP contribution is -2.39. The number of likely N-dealkylation sites (tertiary alicyclic amines) is 1. The van der Waals surface area contributed by atoms with Gasteiger partial charge in [-0.3, -0.25) is 9.10 Å². The topological polar surface area (TPSA) is 66.9 Å². The number of rotatable bonds is 5. The second kappa shape index (κ2) is 8.63. The number of hydrogen-bond acceptors (Lipinski definition) is 4. The number of sulfonamides is 1. The minimum Gasteiger partial charge on any atom is -0.497 e. The van der Waals surface area contributed by atoms with Crippen LogP contribution < -0.4 is 9.04 Å². The molecule has 0 spiro atoms. The van der Waals surface area contributed by atoms with Crippen LogP contribution in [-0.2, 0) is 10.0 Å². The number of benzene rings is 2. The van der Waals surface area contributed by atoms with Crippen LogP contribution in [0.4, 0.5) is 5.69 Å². The number of nitrogens with zero attached hydrogens (tertiary/aromatic N) is 2. The lowest BCUT2D eigenvalue weighted by molar-refractivity contribution is 0.0683. The van der Waals surface area contributed by atoms with Crippen LogP contribution in [0.5, 0.6) is 5.75 Å². The van der Waals surface area contributed by atoms with Gasteiger partial charge in [-0.05, 0) is 61.2 Å². The van der Waals surface area contributed by atoms with Crippen molar-refractivity contribution in [1.82, 2.24) is 4.90 Å². The fraction of sp³-hybridized carbons (Fsp3) is 0.381. The number of carbonyl (C=O) groups is 1. The number of ether oxygens (including phenoxy) is 1. The van der Waals surface area contributed by atoms with E-state index in [-0.39, 0.29) is 10.8 Å². The summed E-state index contributed by atoms with van der Waals surface area (Å²) in [6.45, 7) is 3.48. The van der Waals surface area contributed by atoms with E-state index in [0.717, 1.165) is 17.1 Å². The maximum atomic E-state index is 13.0. The van der Waals surface area contributed by atoms with Crippen molar-refractivity contribution in [3.63, 3.8) is 0 Å². The summed E-state index contributed by atoms with van der Waals surface area (Å²) in [5.41, 5.74) is 0.689. The Morgan fingerprint density at radius 3 is 2.52 bits per heavy atom. The molecule has 3 rings (SSSR count). The molecule has 0 radical (unpaired) electrons. The van der Waals surface area contributed by atoms with Gasteiger partial charge in [0.1, 0.15) is 5.75 Å². The maximum Gasteiger partial charge on any atom is 0.264 e. The zero-order valence-corrected chi connectivity index (χ0v) is 18.3. The number of piperidine rings is 1. The van der Waals surface area contributed by atoms with Crippen LogP contribution in [0.2, 0.25) is 5.02 Å². The quantitative estimate of drug-likeness (QED) is 0.709. The second-order valence-electron chi connectivity index (χ2n) is 7.31. The zero-order chi connectivity index (χ0) is 21.2. The Bertz CT molecular complexity index is 992. The van der Waals surface area contributed by atoms with Crippen LogP contribution in [0.3, 0.4) is 0 Å². The minimum atomic E-state index is -3.80. The van der Waals surface area contributed by atoms with E-state index in [1.165, 1.54) is 26.3 Å². The largest absolute Gasteiger partial charge is 0.497 e. The van der Waals surface area contributed by atoms with Crippen molar-refractivity contribution < 1.29 is 17.9 Å². The zero-order valence-electron chi connectivity index (χ0n) is 16.8. The Kier molecular flexibility index (Phi) is 6.39. The molecule has 0 aromatic heterocycles. The Morgan fingerprint density at radius 2 is 1.90 bits per heavy atom. The molecule has 29 heavy (non-hydrogen) atoms. The predicted octanol–water partition coefficient (Wildman–Crippen LogP) is 4.05. The van der Waals surface area contributed by atoms with Gasteiger partial charge in [-0.2, -0.15) is 0 Å². The monoisotopic (exact) mass is 436 g/mol. The standard InChI is InChI=1S/C21H25ClN2O4S/c1-15-5-4-12-24(14-15)21(25)19-13-16(6-11-20(19)22)23(2)29(26,27)18-9-7-17(28-3)8-10-18/h6-11,13,15H,4-5,12,14H2,1-3H3/t15-/m1/s1. The van der Waals surface area contributed by atoms with Crippen LogP contribution in [-0.4, -0.2) is 46.5 Å². The van der Waals surface area contributed by atoms with Crippen LogP contribution in [0.1, 0.15) is 30.1 Å². The third kappa shape index (κ3) is 4.51. The first-order valence-corrected chi connectivity index (χ1v) is 11.3. The highest BCUT2D eigenvalue weighted by Gasteiger charge is 2.26. The van der Waals surface area contributed by atoms with Crippen LogP contribution in [0.25, 0.3) is 0 Å². The van der Waals surface area contributed by atoms with E-state index in [2.05, 4.69) is 6.92 Å². The third-order valence-corrected chi connectivity index (χ3v) is 7.34. The molecular weight excluding hydrogens is 412 g/mol. The average molecular weight is 437 g/mol. The van der Waals surface area contributed by atoms with Gasteiger partial charge in [0.05, 0.1) is 28.3 Å². The molecule has 1 saturated heterocycles. The van der Waals surface area contributed by atoms with E-state index >= 15 is 0 Å². The predicted molar refractivity (Wildman–Crippen MR) is 114 cm³/mol. The van der Waals surface area contributed by atoms with Gasteiger partial charge in [-0.15, -0.1) is 0 Å². The van der Waals surface area contributed by atoms with E-state index in [1.54, 1.807) is 35.2 Å². The highest BCUT2D eigenvalue weighted by molar-refractivity contribution is 7.92.